The number of aromatic nitrogens is 3. The van der Waals surface area contributed by atoms with Crippen LogP contribution >= 0.6 is 0 Å². The van der Waals surface area contributed by atoms with E-state index in [-0.39, 0.29) is 41.5 Å². The molecule has 2 saturated heterocycles. The number of benzene rings is 2. The minimum atomic E-state index is -0.413. The van der Waals surface area contributed by atoms with Crippen LogP contribution in [0.2, 0.25) is 0 Å². The normalized spacial score (nSPS) is 21.3. The first-order valence-corrected chi connectivity index (χ1v) is 16.2. The molecular weight excluding hydrogens is 600 g/mol. The molecule has 1 aromatic heterocycles. The Morgan fingerprint density at radius 1 is 0.787 bits per heavy atom. The fourth-order valence-electron chi connectivity index (χ4n) is 5.88. The number of phenols is 1. The van der Waals surface area contributed by atoms with Gasteiger partial charge in [-0.05, 0) is 55.7 Å². The zero-order valence-corrected chi connectivity index (χ0v) is 26.7. The van der Waals surface area contributed by atoms with Gasteiger partial charge in [-0.15, -0.1) is 0 Å². The number of nitrogens with two attached hydrogens (primary N) is 4. The predicted octanol–water partition coefficient (Wildman–Crippen LogP) is 1.82. The number of nitrogens with zero attached hydrogens (tertiary/aromatic N) is 5. The van der Waals surface area contributed by atoms with Crippen molar-refractivity contribution < 1.29 is 14.7 Å². The van der Waals surface area contributed by atoms with Gasteiger partial charge < -0.3 is 53.8 Å². The Morgan fingerprint density at radius 2 is 1.34 bits per heavy atom. The molecule has 12 N–H and O–H groups in total. The number of piperidine rings is 2. The van der Waals surface area contributed by atoms with Gasteiger partial charge in [0.1, 0.15) is 5.75 Å². The summed E-state index contributed by atoms with van der Waals surface area (Å²) in [6.07, 6.45) is 4.67. The third kappa shape index (κ3) is 9.25. The van der Waals surface area contributed by atoms with Crippen molar-refractivity contribution in [3.05, 3.63) is 48.0 Å². The van der Waals surface area contributed by atoms with Crippen LogP contribution in [0.25, 0.3) is 0 Å². The number of hydrogen-bond donors (Lipinski definition) is 8. The van der Waals surface area contributed by atoms with Gasteiger partial charge in [-0.2, -0.15) is 15.0 Å². The largest absolute Gasteiger partial charge is 0.506 e. The number of rotatable bonds is 11. The van der Waals surface area contributed by atoms with Crippen molar-refractivity contribution in [2.24, 2.45) is 22.9 Å². The van der Waals surface area contributed by atoms with E-state index in [0.717, 1.165) is 32.1 Å². The Hall–Kier alpha value is -4.57. The van der Waals surface area contributed by atoms with E-state index >= 15 is 0 Å². The van der Waals surface area contributed by atoms with Crippen molar-refractivity contribution in [2.45, 2.75) is 69.6 Å². The Morgan fingerprint density at radius 3 is 1.87 bits per heavy atom. The van der Waals surface area contributed by atoms with Crippen LogP contribution in [0.5, 0.6) is 5.75 Å². The van der Waals surface area contributed by atoms with Gasteiger partial charge in [0.15, 0.2) is 0 Å². The third-order valence-electron chi connectivity index (χ3n) is 8.15. The first-order chi connectivity index (χ1) is 22.6. The zero-order valence-electron chi connectivity index (χ0n) is 26.7. The highest BCUT2D eigenvalue weighted by Crippen LogP contribution is 2.28. The monoisotopic (exact) mass is 646 g/mol. The molecule has 0 unspecified atom stereocenters. The first-order valence-electron chi connectivity index (χ1n) is 16.2. The van der Waals surface area contributed by atoms with E-state index in [1.54, 1.807) is 36.4 Å². The number of anilines is 6. The highest BCUT2D eigenvalue weighted by atomic mass is 16.3. The van der Waals surface area contributed by atoms with Gasteiger partial charge >= 0.3 is 0 Å². The maximum Gasteiger partial charge on any atom is 0.255 e. The number of carbonyl (C=O) groups is 2. The summed E-state index contributed by atoms with van der Waals surface area (Å²) in [5, 5.41) is 19.2. The molecule has 2 fully saturated rings. The second-order valence-corrected chi connectivity index (χ2v) is 12.5. The molecule has 3 heterocycles. The van der Waals surface area contributed by atoms with Gasteiger partial charge in [0.25, 0.3) is 5.91 Å². The summed E-state index contributed by atoms with van der Waals surface area (Å²) < 4.78 is 0. The summed E-state index contributed by atoms with van der Waals surface area (Å²) in [7, 11) is 0. The quantitative estimate of drug-likeness (QED) is 0.110. The lowest BCUT2D eigenvalue weighted by molar-refractivity contribution is -0.116. The van der Waals surface area contributed by atoms with E-state index < -0.39 is 5.91 Å². The van der Waals surface area contributed by atoms with Crippen LogP contribution in [0.1, 0.15) is 55.8 Å². The fraction of sp³-hybridized carbons (Fsp3) is 0.469. The Kier molecular flexibility index (Phi) is 11.0. The van der Waals surface area contributed by atoms with Crippen LogP contribution in [0, 0.1) is 0 Å². The number of nitrogens with one attached hydrogen (secondary N) is 3. The summed E-state index contributed by atoms with van der Waals surface area (Å²) in [5.41, 5.74) is 26.7. The molecule has 0 spiro atoms. The van der Waals surface area contributed by atoms with Crippen LogP contribution < -0.4 is 48.7 Å². The van der Waals surface area contributed by atoms with Gasteiger partial charge in [0.2, 0.25) is 23.8 Å². The van der Waals surface area contributed by atoms with E-state index in [1.807, 2.05) is 9.80 Å². The van der Waals surface area contributed by atoms with Gasteiger partial charge in [-0.1, -0.05) is 19.8 Å². The van der Waals surface area contributed by atoms with Crippen molar-refractivity contribution in [2.75, 3.05) is 51.9 Å². The van der Waals surface area contributed by atoms with E-state index in [9.17, 15) is 14.7 Å². The molecule has 0 radical (unpaired) electrons. The van der Waals surface area contributed by atoms with Crippen LogP contribution in [0.4, 0.5) is 34.9 Å². The molecule has 5 rings (SSSR count). The van der Waals surface area contributed by atoms with Crippen molar-refractivity contribution in [1.29, 1.82) is 0 Å². The summed E-state index contributed by atoms with van der Waals surface area (Å²) in [6.45, 7) is 4.32. The molecule has 0 bridgehead atoms. The van der Waals surface area contributed by atoms with Crippen molar-refractivity contribution in [1.82, 2.24) is 15.0 Å². The smallest absolute Gasteiger partial charge is 0.255 e. The van der Waals surface area contributed by atoms with Gasteiger partial charge in [-0.3, -0.25) is 9.59 Å². The zero-order chi connectivity index (χ0) is 33.5. The minimum absolute atomic E-state index is 0.105. The lowest BCUT2D eigenvalue weighted by Crippen LogP contribution is -2.54. The van der Waals surface area contributed by atoms with Crippen molar-refractivity contribution in [3.8, 4) is 5.75 Å². The second-order valence-electron chi connectivity index (χ2n) is 12.5. The molecule has 47 heavy (non-hydrogen) atoms. The highest BCUT2D eigenvalue weighted by Gasteiger charge is 2.29. The molecule has 252 valence electrons. The fourth-order valence-corrected chi connectivity index (χ4v) is 5.88. The maximum atomic E-state index is 13.0. The summed E-state index contributed by atoms with van der Waals surface area (Å²) in [4.78, 5) is 43.2. The van der Waals surface area contributed by atoms with Crippen LogP contribution in [0.3, 0.4) is 0 Å². The van der Waals surface area contributed by atoms with E-state index in [0.29, 0.717) is 67.4 Å². The molecule has 15 heteroatoms. The molecule has 2 aliphatic rings. The lowest BCUT2D eigenvalue weighted by atomic mass is 10.0. The lowest BCUT2D eigenvalue weighted by Gasteiger charge is -2.37. The molecule has 2 amide bonds. The maximum absolute atomic E-state index is 13.0. The van der Waals surface area contributed by atoms with Gasteiger partial charge in [-0.25, -0.2) is 0 Å². The van der Waals surface area contributed by atoms with Crippen LogP contribution in [-0.2, 0) is 4.79 Å². The average Bonchev–Trinajstić information content (AvgIpc) is 3.02. The number of amides is 2. The molecule has 15 nitrogen and oxygen atoms in total. The molecule has 0 aliphatic carbocycles. The average molecular weight is 647 g/mol. The summed E-state index contributed by atoms with van der Waals surface area (Å²) >= 11 is 0. The predicted molar refractivity (Wildman–Crippen MR) is 184 cm³/mol. The van der Waals surface area contributed by atoms with E-state index in [4.69, 9.17) is 27.9 Å². The Balaban J connectivity index is 1.27. The number of hydrogen-bond acceptors (Lipinski definition) is 13. The van der Waals surface area contributed by atoms with Gasteiger partial charge in [0.05, 0.1) is 5.69 Å². The molecule has 4 atom stereocenters. The molecule has 3 aromatic rings. The number of aromatic hydroxyl groups is 1. The first kappa shape index (κ1) is 33.8. The number of unbranched alkanes of at least 4 members (excludes halogenated alkanes) is 2. The number of carbonyl (C=O) groups excluding carboxylic acids is 2. The molecule has 2 aromatic carbocycles. The van der Waals surface area contributed by atoms with E-state index in [1.165, 1.54) is 6.07 Å². The Bertz CT molecular complexity index is 1470. The number of phenolic OH excluding ortho intramolecular Hbond substituents is 1. The SMILES string of the molecule is CCCCCC(=O)Nc1ccc(NC(=O)c2ccc(Nc3nc(N4C[C@H](N)C[C@H](N)C4)nc(N4C[C@H](N)C[C@H](N)C4)n3)cc2)c(O)c1. The van der Waals surface area contributed by atoms with Crippen molar-refractivity contribution in [3.63, 3.8) is 0 Å². The van der Waals surface area contributed by atoms with Crippen LogP contribution in [-0.4, -0.2) is 82.2 Å². The third-order valence-corrected chi connectivity index (χ3v) is 8.15. The standard InChI is InChI=1S/C32H46N12O3/c1-2-3-4-5-28(46)37-25-10-11-26(27(45)14-25)39-29(47)19-6-8-24(9-7-19)38-30-40-31(43-15-20(33)12-21(34)16-43)42-32(41-30)44-17-22(35)13-23(36)18-44/h6-11,14,20-23,45H,2-5,12-13,15-18,33-36H2,1H3,(H,37,46)(H,39,47)(H,38,40,41,42)/t20-,21+,22-,23+. The minimum Gasteiger partial charge on any atom is -0.506 e. The van der Waals surface area contributed by atoms with Crippen molar-refractivity contribution >= 4 is 46.7 Å². The topological polar surface area (TPSA) is 240 Å². The van der Waals surface area contributed by atoms with Gasteiger partial charge in [0, 0.05) is 79.8 Å². The Labute approximate surface area is 274 Å². The summed E-state index contributed by atoms with van der Waals surface area (Å²) in [5.74, 6) is 0.527. The summed E-state index contributed by atoms with van der Waals surface area (Å²) in [6, 6.07) is 10.9. The molecular formula is C32H46N12O3. The molecule has 0 saturated carbocycles. The highest BCUT2D eigenvalue weighted by molar-refractivity contribution is 6.05. The second kappa shape index (κ2) is 15.3. The van der Waals surface area contributed by atoms with E-state index in [2.05, 4.69) is 32.8 Å². The molecule has 2 aliphatic heterocycles. The van der Waals surface area contributed by atoms with Crippen LogP contribution in [0.15, 0.2) is 42.5 Å².